The van der Waals surface area contributed by atoms with Gasteiger partial charge in [0.15, 0.2) is 0 Å². The van der Waals surface area contributed by atoms with Crippen LogP contribution < -0.4 is 5.32 Å². The number of likely N-dealkylation sites (tertiary alicyclic amines) is 1. The molecule has 2 unspecified atom stereocenters. The van der Waals surface area contributed by atoms with Crippen LogP contribution in [0.1, 0.15) is 37.6 Å². The summed E-state index contributed by atoms with van der Waals surface area (Å²) in [6.45, 7) is 6.65. The molecule has 1 aromatic heterocycles. The maximum atomic E-state index is 11.6. The van der Waals surface area contributed by atoms with Crippen LogP contribution in [0.3, 0.4) is 0 Å². The molecule has 0 aliphatic carbocycles. The normalized spacial score (nSPS) is 21.3. The first kappa shape index (κ1) is 15.5. The summed E-state index contributed by atoms with van der Waals surface area (Å²) < 4.78 is 4.82. The van der Waals surface area contributed by atoms with Crippen molar-refractivity contribution >= 4 is 17.3 Å². The molecule has 1 aliphatic rings. The Morgan fingerprint density at radius 2 is 2.40 bits per heavy atom. The largest absolute Gasteiger partial charge is 0.469 e. The molecule has 1 aliphatic heterocycles. The van der Waals surface area contributed by atoms with Crippen molar-refractivity contribution in [2.24, 2.45) is 0 Å². The zero-order chi connectivity index (χ0) is 14.5. The first-order valence-corrected chi connectivity index (χ1v) is 8.08. The van der Waals surface area contributed by atoms with Crippen LogP contribution in [0.25, 0.3) is 0 Å². The summed E-state index contributed by atoms with van der Waals surface area (Å²) >= 11 is 1.69. The van der Waals surface area contributed by atoms with Gasteiger partial charge in [-0.2, -0.15) is 0 Å². The number of nitrogens with zero attached hydrogens (tertiary/aromatic N) is 1. The molecule has 2 heterocycles. The van der Waals surface area contributed by atoms with Crippen LogP contribution in [-0.2, 0) is 9.53 Å². The number of ether oxygens (including phenoxy) is 1. The summed E-state index contributed by atoms with van der Waals surface area (Å²) in [5.74, 6) is -0.158. The summed E-state index contributed by atoms with van der Waals surface area (Å²) in [5, 5.41) is 5.69. The van der Waals surface area contributed by atoms with E-state index in [4.69, 9.17) is 4.74 Å². The average Bonchev–Trinajstić information content (AvgIpc) is 3.08. The highest BCUT2D eigenvalue weighted by atomic mass is 32.1. The number of esters is 1. The molecule has 0 saturated carbocycles. The molecule has 2 atom stereocenters. The van der Waals surface area contributed by atoms with Crippen LogP contribution in [0.5, 0.6) is 0 Å². The predicted octanol–water partition coefficient (Wildman–Crippen LogP) is 2.42. The van der Waals surface area contributed by atoms with Crippen molar-refractivity contribution in [1.29, 1.82) is 0 Å². The molecular weight excluding hydrogens is 272 g/mol. The molecule has 4 nitrogen and oxygen atoms in total. The summed E-state index contributed by atoms with van der Waals surface area (Å²) in [7, 11) is 1.45. The van der Waals surface area contributed by atoms with Crippen molar-refractivity contribution in [2.45, 2.75) is 44.8 Å². The number of nitrogens with one attached hydrogen (secondary N) is 1. The van der Waals surface area contributed by atoms with E-state index in [-0.39, 0.29) is 12.0 Å². The van der Waals surface area contributed by atoms with Gasteiger partial charge in [-0.1, -0.05) is 6.07 Å². The van der Waals surface area contributed by atoms with E-state index in [0.29, 0.717) is 18.5 Å². The fraction of sp³-hybridized carbons (Fsp3) is 0.667. The maximum Gasteiger partial charge on any atom is 0.307 e. The van der Waals surface area contributed by atoms with Crippen LogP contribution in [0.15, 0.2) is 17.5 Å². The van der Waals surface area contributed by atoms with Crippen molar-refractivity contribution in [2.75, 3.05) is 20.2 Å². The minimum Gasteiger partial charge on any atom is -0.469 e. The fourth-order valence-electron chi connectivity index (χ4n) is 2.66. The molecule has 112 valence electrons. The number of hydrogen-bond acceptors (Lipinski definition) is 5. The van der Waals surface area contributed by atoms with Crippen LogP contribution in [-0.4, -0.2) is 43.2 Å². The van der Waals surface area contributed by atoms with Crippen molar-refractivity contribution in [3.63, 3.8) is 0 Å². The highest BCUT2D eigenvalue weighted by Crippen LogP contribution is 2.25. The van der Waals surface area contributed by atoms with E-state index in [1.165, 1.54) is 12.0 Å². The van der Waals surface area contributed by atoms with E-state index in [0.717, 1.165) is 19.5 Å². The molecular formula is C15H24N2O2S. The Balaban J connectivity index is 1.96. The van der Waals surface area contributed by atoms with E-state index in [9.17, 15) is 4.79 Å². The topological polar surface area (TPSA) is 41.6 Å². The number of carbonyl (C=O) groups is 1. The second kappa shape index (κ2) is 7.20. The second-order valence-electron chi connectivity index (χ2n) is 5.59. The van der Waals surface area contributed by atoms with Gasteiger partial charge in [0.25, 0.3) is 0 Å². The number of rotatable bonds is 6. The zero-order valence-electron chi connectivity index (χ0n) is 12.5. The van der Waals surface area contributed by atoms with E-state index < -0.39 is 0 Å². The Morgan fingerprint density at radius 1 is 1.60 bits per heavy atom. The Bertz CT molecular complexity index is 420. The summed E-state index contributed by atoms with van der Waals surface area (Å²) in [5.41, 5.74) is 0. The van der Waals surface area contributed by atoms with Gasteiger partial charge in [0.1, 0.15) is 0 Å². The summed E-state index contributed by atoms with van der Waals surface area (Å²) in [6, 6.07) is 5.22. The Kier molecular flexibility index (Phi) is 5.57. The lowest BCUT2D eigenvalue weighted by molar-refractivity contribution is -0.141. The van der Waals surface area contributed by atoms with Gasteiger partial charge in [0.2, 0.25) is 0 Å². The first-order valence-electron chi connectivity index (χ1n) is 7.20. The molecule has 20 heavy (non-hydrogen) atoms. The summed E-state index contributed by atoms with van der Waals surface area (Å²) in [6.07, 6.45) is 1.54. The van der Waals surface area contributed by atoms with Crippen molar-refractivity contribution in [3.8, 4) is 0 Å². The minimum atomic E-state index is -0.158. The highest BCUT2D eigenvalue weighted by molar-refractivity contribution is 7.10. The molecule has 0 radical (unpaired) electrons. The maximum absolute atomic E-state index is 11.6. The van der Waals surface area contributed by atoms with Gasteiger partial charge < -0.3 is 10.1 Å². The highest BCUT2D eigenvalue weighted by Gasteiger charge is 2.27. The third-order valence-corrected chi connectivity index (χ3v) is 4.86. The van der Waals surface area contributed by atoms with Crippen LogP contribution in [0, 0.1) is 0 Å². The van der Waals surface area contributed by atoms with Crippen molar-refractivity contribution in [3.05, 3.63) is 22.4 Å². The molecule has 2 rings (SSSR count). The Labute approximate surface area is 125 Å². The average molecular weight is 296 g/mol. The second-order valence-corrected chi connectivity index (χ2v) is 6.57. The third kappa shape index (κ3) is 4.04. The molecule has 5 heteroatoms. The van der Waals surface area contributed by atoms with E-state index >= 15 is 0 Å². The van der Waals surface area contributed by atoms with Crippen molar-refractivity contribution in [1.82, 2.24) is 10.2 Å². The number of methoxy groups -OCH3 is 1. The molecule has 0 aromatic carbocycles. The summed E-state index contributed by atoms with van der Waals surface area (Å²) in [4.78, 5) is 15.3. The molecule has 1 fully saturated rings. The van der Waals surface area contributed by atoms with Gasteiger partial charge in [-0.25, -0.2) is 0 Å². The van der Waals surface area contributed by atoms with Gasteiger partial charge in [-0.05, 0) is 38.3 Å². The third-order valence-electron chi connectivity index (χ3n) is 3.87. The Morgan fingerprint density at radius 3 is 2.95 bits per heavy atom. The quantitative estimate of drug-likeness (QED) is 0.819. The molecule has 0 amide bonds. The molecule has 1 aromatic rings. The fourth-order valence-corrected chi connectivity index (χ4v) is 3.45. The van der Waals surface area contributed by atoms with Gasteiger partial charge in [-0.15, -0.1) is 11.3 Å². The molecule has 0 spiro atoms. The monoisotopic (exact) mass is 296 g/mol. The van der Waals surface area contributed by atoms with E-state index in [1.54, 1.807) is 11.3 Å². The van der Waals surface area contributed by atoms with E-state index in [2.05, 4.69) is 35.5 Å². The first-order chi connectivity index (χ1) is 9.60. The van der Waals surface area contributed by atoms with Gasteiger partial charge >= 0.3 is 5.97 Å². The molecule has 0 bridgehead atoms. The smallest absolute Gasteiger partial charge is 0.307 e. The van der Waals surface area contributed by atoms with Crippen LogP contribution >= 0.6 is 11.3 Å². The predicted molar refractivity (Wildman–Crippen MR) is 81.9 cm³/mol. The lowest BCUT2D eigenvalue weighted by atomic mass is 10.1. The standard InChI is InChI=1S/C15H24N2O2S/c1-11(2)17-7-6-12(10-17)16-13(9-15(18)19-3)14-5-4-8-20-14/h4-5,8,11-13,16H,6-7,9-10H2,1-3H3. The van der Waals surface area contributed by atoms with Gasteiger partial charge in [0.05, 0.1) is 19.6 Å². The van der Waals surface area contributed by atoms with Crippen LogP contribution in [0.4, 0.5) is 0 Å². The minimum absolute atomic E-state index is 0.0690. The molecule has 1 saturated heterocycles. The van der Waals surface area contributed by atoms with Gasteiger partial charge in [-0.3, -0.25) is 9.69 Å². The Hall–Kier alpha value is -0.910. The SMILES string of the molecule is COC(=O)CC(NC1CCN(C(C)C)C1)c1cccs1. The van der Waals surface area contributed by atoms with E-state index in [1.807, 2.05) is 6.07 Å². The number of carbonyl (C=O) groups excluding carboxylic acids is 1. The number of thiophene rings is 1. The van der Waals surface area contributed by atoms with Crippen molar-refractivity contribution < 1.29 is 9.53 Å². The van der Waals surface area contributed by atoms with Crippen LogP contribution in [0.2, 0.25) is 0 Å². The van der Waals surface area contributed by atoms with Gasteiger partial charge in [0, 0.05) is 23.5 Å². The lowest BCUT2D eigenvalue weighted by Crippen LogP contribution is -2.37. The number of hydrogen-bond donors (Lipinski definition) is 1. The lowest BCUT2D eigenvalue weighted by Gasteiger charge is -2.23. The zero-order valence-corrected chi connectivity index (χ0v) is 13.3. The molecule has 1 N–H and O–H groups in total.